The van der Waals surface area contributed by atoms with Crippen molar-refractivity contribution in [2.24, 2.45) is 11.8 Å². The SMILES string of the molecule is CNCc1ccc(N(CCC(C)C)CCC(C)C)c(C)c1. The normalized spacial score (nSPS) is 11.4. The molecule has 0 saturated carbocycles. The summed E-state index contributed by atoms with van der Waals surface area (Å²) >= 11 is 0. The average molecular weight is 290 g/mol. The van der Waals surface area contributed by atoms with E-state index in [0.717, 1.165) is 31.5 Å². The van der Waals surface area contributed by atoms with E-state index in [4.69, 9.17) is 0 Å². The summed E-state index contributed by atoms with van der Waals surface area (Å²) < 4.78 is 0. The summed E-state index contributed by atoms with van der Waals surface area (Å²) in [5, 5.41) is 3.23. The molecule has 0 atom stereocenters. The van der Waals surface area contributed by atoms with Crippen molar-refractivity contribution in [2.45, 2.75) is 54.0 Å². The first kappa shape index (κ1) is 18.0. The van der Waals surface area contributed by atoms with Crippen LogP contribution in [0.1, 0.15) is 51.7 Å². The van der Waals surface area contributed by atoms with Gasteiger partial charge in [-0.05, 0) is 55.8 Å². The van der Waals surface area contributed by atoms with Crippen molar-refractivity contribution >= 4 is 5.69 Å². The molecule has 0 amide bonds. The van der Waals surface area contributed by atoms with Crippen molar-refractivity contribution < 1.29 is 0 Å². The number of anilines is 1. The van der Waals surface area contributed by atoms with Gasteiger partial charge in [0, 0.05) is 25.3 Å². The Morgan fingerprint density at radius 3 is 2.00 bits per heavy atom. The molecule has 21 heavy (non-hydrogen) atoms. The lowest BCUT2D eigenvalue weighted by Gasteiger charge is -2.28. The third-order valence-corrected chi connectivity index (χ3v) is 3.94. The zero-order valence-corrected chi connectivity index (χ0v) is 14.9. The quantitative estimate of drug-likeness (QED) is 0.714. The fraction of sp³-hybridized carbons (Fsp3) is 0.684. The highest BCUT2D eigenvalue weighted by atomic mass is 15.1. The Morgan fingerprint density at radius 1 is 1.00 bits per heavy atom. The van der Waals surface area contributed by atoms with E-state index < -0.39 is 0 Å². The number of rotatable bonds is 9. The van der Waals surface area contributed by atoms with Gasteiger partial charge in [0.05, 0.1) is 0 Å². The van der Waals surface area contributed by atoms with E-state index >= 15 is 0 Å². The highest BCUT2D eigenvalue weighted by molar-refractivity contribution is 5.54. The van der Waals surface area contributed by atoms with Crippen LogP contribution in [0.4, 0.5) is 5.69 Å². The second-order valence-corrected chi connectivity index (χ2v) is 7.00. The van der Waals surface area contributed by atoms with Crippen molar-refractivity contribution in [1.82, 2.24) is 5.32 Å². The van der Waals surface area contributed by atoms with Gasteiger partial charge in [-0.2, -0.15) is 0 Å². The summed E-state index contributed by atoms with van der Waals surface area (Å²) in [6.45, 7) is 14.7. The zero-order valence-electron chi connectivity index (χ0n) is 14.9. The third-order valence-electron chi connectivity index (χ3n) is 3.94. The minimum Gasteiger partial charge on any atom is -0.371 e. The lowest BCUT2D eigenvalue weighted by atomic mass is 10.0. The van der Waals surface area contributed by atoms with Crippen LogP contribution in [0.3, 0.4) is 0 Å². The Morgan fingerprint density at radius 2 is 1.57 bits per heavy atom. The maximum atomic E-state index is 3.23. The van der Waals surface area contributed by atoms with Crippen LogP contribution in [0.5, 0.6) is 0 Å². The van der Waals surface area contributed by atoms with Gasteiger partial charge in [-0.25, -0.2) is 0 Å². The monoisotopic (exact) mass is 290 g/mol. The Kier molecular flexibility index (Phi) is 7.81. The Hall–Kier alpha value is -1.02. The molecule has 2 heteroatoms. The molecule has 0 heterocycles. The fourth-order valence-corrected chi connectivity index (χ4v) is 2.57. The van der Waals surface area contributed by atoms with Crippen molar-refractivity contribution in [3.63, 3.8) is 0 Å². The van der Waals surface area contributed by atoms with Crippen LogP contribution in [0, 0.1) is 18.8 Å². The van der Waals surface area contributed by atoms with Crippen LogP contribution < -0.4 is 10.2 Å². The zero-order chi connectivity index (χ0) is 15.8. The second kappa shape index (κ2) is 9.09. The molecule has 0 unspecified atom stereocenters. The summed E-state index contributed by atoms with van der Waals surface area (Å²) in [6.07, 6.45) is 2.52. The van der Waals surface area contributed by atoms with E-state index in [0.29, 0.717) is 0 Å². The van der Waals surface area contributed by atoms with E-state index in [-0.39, 0.29) is 0 Å². The smallest absolute Gasteiger partial charge is 0.0396 e. The van der Waals surface area contributed by atoms with E-state index in [2.05, 4.69) is 63.0 Å². The number of hydrogen-bond acceptors (Lipinski definition) is 2. The van der Waals surface area contributed by atoms with Crippen LogP contribution >= 0.6 is 0 Å². The molecular formula is C19H34N2. The predicted molar refractivity (Wildman–Crippen MR) is 95.1 cm³/mol. The first-order chi connectivity index (χ1) is 9.93. The molecule has 1 rings (SSSR count). The summed E-state index contributed by atoms with van der Waals surface area (Å²) in [6, 6.07) is 6.89. The van der Waals surface area contributed by atoms with Gasteiger partial charge in [0.2, 0.25) is 0 Å². The van der Waals surface area contributed by atoms with Gasteiger partial charge in [-0.1, -0.05) is 39.8 Å². The molecular weight excluding hydrogens is 256 g/mol. The molecule has 1 aromatic carbocycles. The summed E-state index contributed by atoms with van der Waals surface area (Å²) in [7, 11) is 2.00. The minimum atomic E-state index is 0.760. The number of hydrogen-bond donors (Lipinski definition) is 1. The van der Waals surface area contributed by atoms with Crippen molar-refractivity contribution in [3.05, 3.63) is 29.3 Å². The van der Waals surface area contributed by atoms with Crippen LogP contribution in [0.15, 0.2) is 18.2 Å². The largest absolute Gasteiger partial charge is 0.371 e. The molecule has 0 saturated heterocycles. The lowest BCUT2D eigenvalue weighted by molar-refractivity contribution is 0.535. The number of aryl methyl sites for hydroxylation is 1. The number of nitrogens with zero attached hydrogens (tertiary/aromatic N) is 1. The summed E-state index contributed by atoms with van der Waals surface area (Å²) in [4.78, 5) is 2.58. The molecule has 0 spiro atoms. The first-order valence-electron chi connectivity index (χ1n) is 8.43. The fourth-order valence-electron chi connectivity index (χ4n) is 2.57. The molecule has 0 aromatic heterocycles. The topological polar surface area (TPSA) is 15.3 Å². The van der Waals surface area contributed by atoms with Gasteiger partial charge in [0.1, 0.15) is 0 Å². The molecule has 0 radical (unpaired) electrons. The number of nitrogens with one attached hydrogen (secondary N) is 1. The first-order valence-corrected chi connectivity index (χ1v) is 8.43. The van der Waals surface area contributed by atoms with E-state index in [1.165, 1.54) is 29.7 Å². The molecule has 120 valence electrons. The van der Waals surface area contributed by atoms with E-state index in [1.54, 1.807) is 0 Å². The van der Waals surface area contributed by atoms with Crippen molar-refractivity contribution in [3.8, 4) is 0 Å². The molecule has 0 fully saturated rings. The Balaban J connectivity index is 2.84. The van der Waals surface area contributed by atoms with Gasteiger partial charge in [0.15, 0.2) is 0 Å². The molecule has 0 bridgehead atoms. The third kappa shape index (κ3) is 6.52. The van der Waals surface area contributed by atoms with Crippen molar-refractivity contribution in [1.29, 1.82) is 0 Å². The van der Waals surface area contributed by atoms with Gasteiger partial charge in [0.25, 0.3) is 0 Å². The standard InChI is InChI=1S/C19H34N2/c1-15(2)9-11-21(12-10-16(3)4)19-8-7-18(14-20-6)13-17(19)5/h7-8,13,15-16,20H,9-12,14H2,1-6H3. The van der Waals surface area contributed by atoms with Crippen LogP contribution in [0.25, 0.3) is 0 Å². The van der Waals surface area contributed by atoms with Crippen LogP contribution in [0.2, 0.25) is 0 Å². The summed E-state index contributed by atoms with van der Waals surface area (Å²) in [5.41, 5.74) is 4.18. The number of benzene rings is 1. The average Bonchev–Trinajstić information content (AvgIpc) is 2.40. The van der Waals surface area contributed by atoms with Crippen LogP contribution in [-0.2, 0) is 6.54 Å². The van der Waals surface area contributed by atoms with Gasteiger partial charge >= 0.3 is 0 Å². The lowest BCUT2D eigenvalue weighted by Crippen LogP contribution is -2.28. The molecule has 0 aliphatic rings. The highest BCUT2D eigenvalue weighted by Gasteiger charge is 2.11. The van der Waals surface area contributed by atoms with Gasteiger partial charge in [-0.3, -0.25) is 0 Å². The molecule has 0 aliphatic heterocycles. The maximum Gasteiger partial charge on any atom is 0.0396 e. The minimum absolute atomic E-state index is 0.760. The second-order valence-electron chi connectivity index (χ2n) is 7.00. The summed E-state index contributed by atoms with van der Waals surface area (Å²) in [5.74, 6) is 1.52. The van der Waals surface area contributed by atoms with E-state index in [1.807, 2.05) is 7.05 Å². The van der Waals surface area contributed by atoms with Crippen molar-refractivity contribution in [2.75, 3.05) is 25.0 Å². The Labute approximate surface area is 131 Å². The molecule has 1 aromatic rings. The van der Waals surface area contributed by atoms with Gasteiger partial charge < -0.3 is 10.2 Å². The van der Waals surface area contributed by atoms with Gasteiger partial charge in [-0.15, -0.1) is 0 Å². The highest BCUT2D eigenvalue weighted by Crippen LogP contribution is 2.23. The molecule has 1 N–H and O–H groups in total. The molecule has 0 aliphatic carbocycles. The maximum absolute atomic E-state index is 3.23. The van der Waals surface area contributed by atoms with E-state index in [9.17, 15) is 0 Å². The molecule has 2 nitrogen and oxygen atoms in total. The Bertz CT molecular complexity index is 398. The van der Waals surface area contributed by atoms with Crippen LogP contribution in [-0.4, -0.2) is 20.1 Å². The predicted octanol–water partition coefficient (Wildman–Crippen LogP) is 4.61.